The van der Waals surface area contributed by atoms with E-state index in [0.717, 1.165) is 33.9 Å². The molecule has 0 radical (unpaired) electrons. The Morgan fingerprint density at radius 2 is 1.70 bits per heavy atom. The highest BCUT2D eigenvalue weighted by Gasteiger charge is 2.33. The average Bonchev–Trinajstić information content (AvgIpc) is 2.82. The molecular formula is C28H28N2O2S. The van der Waals surface area contributed by atoms with E-state index in [2.05, 4.69) is 17.4 Å². The summed E-state index contributed by atoms with van der Waals surface area (Å²) in [5.74, 6) is 1.59. The van der Waals surface area contributed by atoms with Gasteiger partial charge in [0, 0.05) is 23.4 Å². The lowest BCUT2D eigenvalue weighted by Gasteiger charge is -2.37. The molecule has 0 aromatic heterocycles. The normalized spacial score (nSPS) is 15.9. The van der Waals surface area contributed by atoms with Gasteiger partial charge in [0.25, 0.3) is 0 Å². The second kappa shape index (κ2) is 9.59. The number of hydrogen-bond donors (Lipinski definition) is 1. The summed E-state index contributed by atoms with van der Waals surface area (Å²) in [5, 5.41) is 4.01. The van der Waals surface area contributed by atoms with Gasteiger partial charge >= 0.3 is 0 Å². The molecule has 1 heterocycles. The topological polar surface area (TPSA) is 41.6 Å². The highest BCUT2D eigenvalue weighted by atomic mass is 32.1. The molecule has 0 bridgehead atoms. The van der Waals surface area contributed by atoms with Gasteiger partial charge in [-0.25, -0.2) is 0 Å². The van der Waals surface area contributed by atoms with Crippen LogP contribution in [0, 0.1) is 13.8 Å². The van der Waals surface area contributed by atoms with Crippen LogP contribution in [0.15, 0.2) is 84.1 Å². The molecule has 0 spiro atoms. The Kier molecular flexibility index (Phi) is 6.61. The van der Waals surface area contributed by atoms with Crippen molar-refractivity contribution in [1.82, 2.24) is 10.2 Å². The van der Waals surface area contributed by atoms with Crippen molar-refractivity contribution < 1.29 is 9.53 Å². The molecule has 168 valence electrons. The van der Waals surface area contributed by atoms with Crippen LogP contribution in [0.4, 0.5) is 0 Å². The largest absolute Gasteiger partial charge is 0.457 e. The Bertz CT molecular complexity index is 1220. The smallest absolute Gasteiger partial charge is 0.193 e. The first-order valence-corrected chi connectivity index (χ1v) is 11.5. The van der Waals surface area contributed by atoms with Crippen molar-refractivity contribution in [3.63, 3.8) is 0 Å². The first-order chi connectivity index (χ1) is 15.9. The molecule has 1 aliphatic rings. The molecule has 1 unspecified atom stereocenters. The maximum atomic E-state index is 13.5. The number of thiocarbonyl (C=S) groups is 1. The van der Waals surface area contributed by atoms with Crippen LogP contribution >= 0.6 is 12.2 Å². The lowest BCUT2D eigenvalue weighted by atomic mass is 9.89. The summed E-state index contributed by atoms with van der Waals surface area (Å²) in [6, 6.07) is 23.1. The van der Waals surface area contributed by atoms with Crippen molar-refractivity contribution in [2.75, 3.05) is 6.54 Å². The Hall–Kier alpha value is -3.44. The SMILES string of the molecule is CCN1C(=S)NC(c2ccc(Oc3cc(C)ccc3C)cc2)C(C(=O)c2ccccc2)=C1C. The zero-order valence-corrected chi connectivity index (χ0v) is 20.2. The van der Waals surface area contributed by atoms with Gasteiger partial charge in [0.05, 0.1) is 6.04 Å². The minimum Gasteiger partial charge on any atom is -0.457 e. The Morgan fingerprint density at radius 3 is 2.36 bits per heavy atom. The predicted octanol–water partition coefficient (Wildman–Crippen LogP) is 6.50. The van der Waals surface area contributed by atoms with Crippen molar-refractivity contribution in [2.45, 2.75) is 33.7 Å². The zero-order chi connectivity index (χ0) is 23.5. The van der Waals surface area contributed by atoms with Gasteiger partial charge in [-0.2, -0.15) is 0 Å². The molecule has 0 aliphatic carbocycles. The van der Waals surface area contributed by atoms with Crippen LogP contribution in [0.25, 0.3) is 0 Å². The van der Waals surface area contributed by atoms with Crippen LogP contribution in [-0.2, 0) is 0 Å². The van der Waals surface area contributed by atoms with E-state index in [1.54, 1.807) is 0 Å². The molecule has 4 rings (SSSR count). The van der Waals surface area contributed by atoms with Crippen molar-refractivity contribution in [3.05, 3.63) is 106 Å². The number of benzene rings is 3. The molecule has 0 saturated heterocycles. The van der Waals surface area contributed by atoms with Crippen LogP contribution < -0.4 is 10.1 Å². The van der Waals surface area contributed by atoms with E-state index < -0.39 is 0 Å². The Morgan fingerprint density at radius 1 is 1.00 bits per heavy atom. The van der Waals surface area contributed by atoms with Crippen molar-refractivity contribution in [1.29, 1.82) is 0 Å². The number of carbonyl (C=O) groups is 1. The summed E-state index contributed by atoms with van der Waals surface area (Å²) in [7, 11) is 0. The van der Waals surface area contributed by atoms with Gasteiger partial charge in [0.1, 0.15) is 11.5 Å². The average molecular weight is 457 g/mol. The molecule has 3 aromatic rings. The van der Waals surface area contributed by atoms with Gasteiger partial charge in [-0.1, -0.05) is 54.6 Å². The maximum absolute atomic E-state index is 13.5. The summed E-state index contributed by atoms with van der Waals surface area (Å²) in [5.41, 5.74) is 5.45. The number of ether oxygens (including phenoxy) is 1. The Balaban J connectivity index is 1.68. The number of rotatable bonds is 6. The first-order valence-electron chi connectivity index (χ1n) is 11.1. The lowest BCUT2D eigenvalue weighted by molar-refractivity contribution is 0.102. The molecule has 5 heteroatoms. The number of hydrogen-bond acceptors (Lipinski definition) is 3. The molecule has 1 aliphatic heterocycles. The Labute approximate surface area is 200 Å². The number of nitrogens with one attached hydrogen (secondary N) is 1. The molecule has 1 N–H and O–H groups in total. The number of Topliss-reactive ketones (excluding diaryl/α,β-unsaturated/α-hetero) is 1. The third-order valence-corrected chi connectivity index (χ3v) is 6.32. The summed E-state index contributed by atoms with van der Waals surface area (Å²) < 4.78 is 6.12. The van der Waals surface area contributed by atoms with Gasteiger partial charge < -0.3 is 15.0 Å². The standard InChI is InChI=1S/C28H28N2O2S/c1-5-30-20(4)25(27(31)22-9-7-6-8-10-22)26(29-28(30)33)21-13-15-23(16-14-21)32-24-17-18(2)11-12-19(24)3/h6-17,26H,5H2,1-4H3,(H,29,33). The third kappa shape index (κ3) is 4.69. The molecule has 0 fully saturated rings. The molecule has 0 saturated carbocycles. The second-order valence-electron chi connectivity index (χ2n) is 8.26. The van der Waals surface area contributed by atoms with E-state index >= 15 is 0 Å². The fourth-order valence-electron chi connectivity index (χ4n) is 4.12. The van der Waals surface area contributed by atoms with Crippen molar-refractivity contribution in [3.8, 4) is 11.5 Å². The number of aryl methyl sites for hydroxylation is 2. The molecule has 0 amide bonds. The summed E-state index contributed by atoms with van der Waals surface area (Å²) >= 11 is 5.62. The third-order valence-electron chi connectivity index (χ3n) is 5.98. The van der Waals surface area contributed by atoms with Gasteiger partial charge in [-0.3, -0.25) is 4.79 Å². The summed E-state index contributed by atoms with van der Waals surface area (Å²) in [6.45, 7) is 8.77. The molecular weight excluding hydrogens is 428 g/mol. The number of nitrogens with zero attached hydrogens (tertiary/aromatic N) is 1. The lowest BCUT2D eigenvalue weighted by Crippen LogP contribution is -2.47. The predicted molar refractivity (Wildman–Crippen MR) is 137 cm³/mol. The van der Waals surface area contributed by atoms with Gasteiger partial charge in [-0.15, -0.1) is 0 Å². The van der Waals surface area contributed by atoms with E-state index in [0.29, 0.717) is 22.8 Å². The molecule has 3 aromatic carbocycles. The van der Waals surface area contributed by atoms with Crippen LogP contribution in [-0.4, -0.2) is 22.3 Å². The molecule has 33 heavy (non-hydrogen) atoms. The van der Waals surface area contributed by atoms with Crippen LogP contribution in [0.5, 0.6) is 11.5 Å². The van der Waals surface area contributed by atoms with Crippen LogP contribution in [0.1, 0.15) is 46.9 Å². The summed E-state index contributed by atoms with van der Waals surface area (Å²) in [4.78, 5) is 15.5. The highest BCUT2D eigenvalue weighted by Crippen LogP contribution is 2.34. The number of ketones is 1. The fourth-order valence-corrected chi connectivity index (χ4v) is 4.51. The van der Waals surface area contributed by atoms with Gasteiger partial charge in [0.2, 0.25) is 0 Å². The minimum atomic E-state index is -0.331. The van der Waals surface area contributed by atoms with E-state index in [4.69, 9.17) is 17.0 Å². The van der Waals surface area contributed by atoms with Crippen LogP contribution in [0.3, 0.4) is 0 Å². The minimum absolute atomic E-state index is 0.00209. The summed E-state index contributed by atoms with van der Waals surface area (Å²) in [6.07, 6.45) is 0. The van der Waals surface area contributed by atoms with E-state index in [1.807, 2.05) is 93.3 Å². The van der Waals surface area contributed by atoms with Gasteiger partial charge in [0.15, 0.2) is 10.9 Å². The highest BCUT2D eigenvalue weighted by molar-refractivity contribution is 7.80. The monoisotopic (exact) mass is 456 g/mol. The van der Waals surface area contributed by atoms with E-state index in [-0.39, 0.29) is 11.8 Å². The molecule has 4 nitrogen and oxygen atoms in total. The number of allylic oxidation sites excluding steroid dienone is 1. The zero-order valence-electron chi connectivity index (χ0n) is 19.4. The second-order valence-corrected chi connectivity index (χ2v) is 8.65. The first kappa shape index (κ1) is 22.7. The van der Waals surface area contributed by atoms with Crippen molar-refractivity contribution >= 4 is 23.1 Å². The number of carbonyl (C=O) groups excluding carboxylic acids is 1. The van der Waals surface area contributed by atoms with Crippen LogP contribution in [0.2, 0.25) is 0 Å². The van der Waals surface area contributed by atoms with Crippen molar-refractivity contribution in [2.24, 2.45) is 0 Å². The van der Waals surface area contributed by atoms with Gasteiger partial charge in [-0.05, 0) is 74.8 Å². The van der Waals surface area contributed by atoms with E-state index in [1.165, 1.54) is 0 Å². The quantitative estimate of drug-likeness (QED) is 0.339. The maximum Gasteiger partial charge on any atom is 0.193 e. The van der Waals surface area contributed by atoms with E-state index in [9.17, 15) is 4.79 Å². The molecule has 1 atom stereocenters. The fraction of sp³-hybridized carbons (Fsp3) is 0.214.